The van der Waals surface area contributed by atoms with Crippen LogP contribution in [-0.4, -0.2) is 74.0 Å². The van der Waals surface area contributed by atoms with Crippen LogP contribution in [0.25, 0.3) is 28.0 Å². The topological polar surface area (TPSA) is 109 Å². The molecule has 0 aliphatic carbocycles. The van der Waals surface area contributed by atoms with Crippen molar-refractivity contribution in [2.24, 2.45) is 0 Å². The zero-order valence-electron chi connectivity index (χ0n) is 17.2. The van der Waals surface area contributed by atoms with Gasteiger partial charge in [-0.3, -0.25) is 9.89 Å². The van der Waals surface area contributed by atoms with Crippen LogP contribution in [0.15, 0.2) is 48.7 Å². The minimum atomic E-state index is -0.183. The number of aromatic nitrogens is 5. The number of amides is 1. The Morgan fingerprint density at radius 3 is 2.75 bits per heavy atom. The fourth-order valence-corrected chi connectivity index (χ4v) is 3.64. The van der Waals surface area contributed by atoms with Crippen LogP contribution in [0.2, 0.25) is 0 Å². The molecule has 1 aliphatic heterocycles. The Balaban J connectivity index is 1.37. The second kappa shape index (κ2) is 8.63. The number of rotatable bonds is 3. The predicted molar refractivity (Wildman–Crippen MR) is 117 cm³/mol. The summed E-state index contributed by atoms with van der Waals surface area (Å²) in [6, 6.07) is 13.0. The van der Waals surface area contributed by atoms with E-state index >= 15 is 0 Å². The molecule has 0 radical (unpaired) electrons. The third-order valence-corrected chi connectivity index (χ3v) is 5.29. The van der Waals surface area contributed by atoms with Gasteiger partial charge in [-0.05, 0) is 42.5 Å². The number of aromatic amines is 1. The number of carbonyl (C=O) groups excluding carboxylic acids is 1. The lowest BCUT2D eigenvalue weighted by atomic mass is 10.1. The lowest BCUT2D eigenvalue weighted by molar-refractivity contribution is 0.0303. The van der Waals surface area contributed by atoms with Gasteiger partial charge in [-0.2, -0.15) is 5.10 Å². The molecule has 4 aromatic rings. The van der Waals surface area contributed by atoms with Gasteiger partial charge in [-0.15, -0.1) is 5.10 Å². The first-order chi connectivity index (χ1) is 15.7. The summed E-state index contributed by atoms with van der Waals surface area (Å²) in [5.41, 5.74) is 4.35. The molecule has 2 aromatic carbocycles. The molecular formula is C23H20N6O3. The van der Waals surface area contributed by atoms with Crippen molar-refractivity contribution in [1.82, 2.24) is 30.1 Å². The average molecular weight is 428 g/mol. The fourth-order valence-electron chi connectivity index (χ4n) is 3.64. The highest BCUT2D eigenvalue weighted by Crippen LogP contribution is 2.25. The number of fused-ring (bicyclic) bond motifs is 1. The minimum absolute atomic E-state index is 0.00479. The van der Waals surface area contributed by atoms with Crippen molar-refractivity contribution in [1.29, 1.82) is 0 Å². The van der Waals surface area contributed by atoms with E-state index in [2.05, 4.69) is 32.4 Å². The maximum Gasteiger partial charge on any atom is 0.254 e. The van der Waals surface area contributed by atoms with Gasteiger partial charge >= 0.3 is 0 Å². The molecule has 1 saturated heterocycles. The third-order valence-electron chi connectivity index (χ3n) is 5.29. The Hall–Kier alpha value is -4.00. The van der Waals surface area contributed by atoms with Crippen LogP contribution in [0.1, 0.15) is 15.9 Å². The lowest BCUT2D eigenvalue weighted by Gasteiger charge is -2.26. The highest BCUT2D eigenvalue weighted by molar-refractivity contribution is 5.94. The van der Waals surface area contributed by atoms with E-state index in [0.29, 0.717) is 43.3 Å². The van der Waals surface area contributed by atoms with Crippen molar-refractivity contribution in [2.45, 2.75) is 0 Å². The van der Waals surface area contributed by atoms with Crippen molar-refractivity contribution in [3.63, 3.8) is 0 Å². The van der Waals surface area contributed by atoms with Crippen LogP contribution in [0.5, 0.6) is 0 Å². The largest absolute Gasteiger partial charge is 0.384 e. The molecule has 1 aliphatic rings. The summed E-state index contributed by atoms with van der Waals surface area (Å²) in [6.45, 7) is 2.19. The van der Waals surface area contributed by atoms with Gasteiger partial charge in [-0.1, -0.05) is 17.1 Å². The van der Waals surface area contributed by atoms with Gasteiger partial charge in [0.1, 0.15) is 18.0 Å². The summed E-state index contributed by atoms with van der Waals surface area (Å²) in [6.07, 6.45) is 1.80. The maximum atomic E-state index is 12.6. The Labute approximate surface area is 183 Å². The molecule has 1 amide bonds. The van der Waals surface area contributed by atoms with Crippen molar-refractivity contribution in [3.05, 3.63) is 59.8 Å². The van der Waals surface area contributed by atoms with Crippen molar-refractivity contribution in [2.75, 3.05) is 32.9 Å². The molecule has 1 fully saturated rings. The van der Waals surface area contributed by atoms with Crippen LogP contribution < -0.4 is 0 Å². The van der Waals surface area contributed by atoms with E-state index in [1.807, 2.05) is 30.3 Å². The fraction of sp³-hybridized carbons (Fsp3) is 0.217. The van der Waals surface area contributed by atoms with Crippen molar-refractivity contribution >= 4 is 16.8 Å². The van der Waals surface area contributed by atoms with Gasteiger partial charge in [0.2, 0.25) is 0 Å². The highest BCUT2D eigenvalue weighted by Gasteiger charge is 2.18. The van der Waals surface area contributed by atoms with E-state index in [-0.39, 0.29) is 12.5 Å². The molecule has 0 bridgehead atoms. The number of hydrogen-bond acceptors (Lipinski definition) is 6. The number of hydrogen-bond donors (Lipinski definition) is 2. The SMILES string of the molecule is O=C(c1ccc(-n2cc(-c3n[nH]c4cc(C#CCO)ccc34)nn2)cc1)N1CCOCC1. The van der Waals surface area contributed by atoms with Gasteiger partial charge in [0.05, 0.1) is 30.6 Å². The maximum absolute atomic E-state index is 12.6. The third kappa shape index (κ3) is 3.85. The summed E-state index contributed by atoms with van der Waals surface area (Å²) in [4.78, 5) is 14.4. The number of benzene rings is 2. The zero-order chi connectivity index (χ0) is 21.9. The molecule has 9 heteroatoms. The molecule has 9 nitrogen and oxygen atoms in total. The van der Waals surface area contributed by atoms with Crippen LogP contribution in [0.3, 0.4) is 0 Å². The number of morpholine rings is 1. The molecule has 5 rings (SSSR count). The zero-order valence-corrected chi connectivity index (χ0v) is 17.2. The summed E-state index contributed by atoms with van der Waals surface area (Å²) in [7, 11) is 0. The first kappa shape index (κ1) is 19.9. The van der Waals surface area contributed by atoms with Crippen LogP contribution >= 0.6 is 0 Å². The second-order valence-electron chi connectivity index (χ2n) is 7.29. The lowest BCUT2D eigenvalue weighted by Crippen LogP contribution is -2.40. The molecule has 3 heterocycles. The molecule has 0 spiro atoms. The molecule has 0 atom stereocenters. The smallest absolute Gasteiger partial charge is 0.254 e. The van der Waals surface area contributed by atoms with Gasteiger partial charge in [0, 0.05) is 29.6 Å². The number of aliphatic hydroxyl groups excluding tert-OH is 1. The van der Waals surface area contributed by atoms with Crippen LogP contribution in [0, 0.1) is 11.8 Å². The Bertz CT molecular complexity index is 1320. The van der Waals surface area contributed by atoms with Crippen molar-refractivity contribution in [3.8, 4) is 28.9 Å². The van der Waals surface area contributed by atoms with E-state index in [1.165, 1.54) is 0 Å². The Morgan fingerprint density at radius 2 is 1.97 bits per heavy atom. The monoisotopic (exact) mass is 428 g/mol. The normalized spacial score (nSPS) is 13.7. The Kier molecular flexibility index (Phi) is 5.37. The first-order valence-corrected chi connectivity index (χ1v) is 10.2. The summed E-state index contributed by atoms with van der Waals surface area (Å²) >= 11 is 0. The number of nitrogens with one attached hydrogen (secondary N) is 1. The van der Waals surface area contributed by atoms with E-state index in [4.69, 9.17) is 9.84 Å². The van der Waals surface area contributed by atoms with Crippen molar-refractivity contribution < 1.29 is 14.6 Å². The molecular weight excluding hydrogens is 408 g/mol. The molecule has 32 heavy (non-hydrogen) atoms. The number of aliphatic hydroxyl groups is 1. The number of H-pyrrole nitrogens is 1. The van der Waals surface area contributed by atoms with Crippen LogP contribution in [0.4, 0.5) is 0 Å². The van der Waals surface area contributed by atoms with E-state index < -0.39 is 0 Å². The highest BCUT2D eigenvalue weighted by atomic mass is 16.5. The van der Waals surface area contributed by atoms with Gasteiger partial charge < -0.3 is 14.7 Å². The number of nitrogens with zero attached hydrogens (tertiary/aromatic N) is 5. The summed E-state index contributed by atoms with van der Waals surface area (Å²) in [5.74, 6) is 5.52. The summed E-state index contributed by atoms with van der Waals surface area (Å²) in [5, 5.41) is 25.6. The standard InChI is InChI=1S/C23H20N6O3/c30-11-1-2-16-3-8-19-20(14-16)24-26-22(19)21-15-29(27-25-21)18-6-4-17(5-7-18)23(31)28-9-12-32-13-10-28/h3-8,14-15,30H,9-13H2,(H,24,26). The molecule has 2 aromatic heterocycles. The first-order valence-electron chi connectivity index (χ1n) is 10.2. The van der Waals surface area contributed by atoms with E-state index in [9.17, 15) is 4.79 Å². The Morgan fingerprint density at radius 1 is 1.16 bits per heavy atom. The molecule has 0 unspecified atom stereocenters. The average Bonchev–Trinajstić information content (AvgIpc) is 3.50. The minimum Gasteiger partial charge on any atom is -0.384 e. The molecule has 160 valence electrons. The van der Waals surface area contributed by atoms with E-state index in [0.717, 1.165) is 22.2 Å². The number of ether oxygens (including phenoxy) is 1. The number of carbonyl (C=O) groups is 1. The van der Waals surface area contributed by atoms with E-state index in [1.54, 1.807) is 27.9 Å². The van der Waals surface area contributed by atoms with Gasteiger partial charge in [-0.25, -0.2) is 4.68 Å². The van der Waals surface area contributed by atoms with Gasteiger partial charge in [0.25, 0.3) is 5.91 Å². The van der Waals surface area contributed by atoms with Crippen LogP contribution in [-0.2, 0) is 4.74 Å². The molecule has 2 N–H and O–H groups in total. The van der Waals surface area contributed by atoms with Gasteiger partial charge in [0.15, 0.2) is 0 Å². The molecule has 0 saturated carbocycles. The summed E-state index contributed by atoms with van der Waals surface area (Å²) < 4.78 is 6.96. The second-order valence-corrected chi connectivity index (χ2v) is 7.29. The predicted octanol–water partition coefficient (Wildman–Crippen LogP) is 1.63. The quantitative estimate of drug-likeness (QED) is 0.480.